The third-order valence-electron chi connectivity index (χ3n) is 5.34. The van der Waals surface area contributed by atoms with Crippen molar-refractivity contribution in [3.63, 3.8) is 0 Å². The second-order valence-electron chi connectivity index (χ2n) is 7.47. The smallest absolute Gasteiger partial charge is 0.324 e. The molecule has 25 heavy (non-hydrogen) atoms. The highest BCUT2D eigenvalue weighted by atomic mass is 16.5. The molecule has 4 heteroatoms. The molecule has 0 amide bonds. The number of rotatable bonds is 10. The Morgan fingerprint density at radius 3 is 2.32 bits per heavy atom. The molecule has 140 valence electrons. The molecule has 4 nitrogen and oxygen atoms in total. The van der Waals surface area contributed by atoms with E-state index >= 15 is 0 Å². The third kappa shape index (κ3) is 7.13. The summed E-state index contributed by atoms with van der Waals surface area (Å²) in [7, 11) is 0. The summed E-state index contributed by atoms with van der Waals surface area (Å²) < 4.78 is 5.41. The number of carbonyl (C=O) groups is 1. The van der Waals surface area contributed by atoms with Crippen molar-refractivity contribution in [2.24, 2.45) is 11.8 Å². The monoisotopic (exact) mass is 346 g/mol. The zero-order chi connectivity index (χ0) is 17.9. The van der Waals surface area contributed by atoms with E-state index in [4.69, 9.17) is 4.74 Å². The van der Waals surface area contributed by atoms with Crippen LogP contribution in [0.15, 0.2) is 12.4 Å². The molecule has 0 aromatic carbocycles. The van der Waals surface area contributed by atoms with Crippen molar-refractivity contribution in [2.75, 3.05) is 0 Å². The molecule has 0 radical (unpaired) electrons. The molecule has 1 aliphatic carbocycles. The molecule has 0 spiro atoms. The highest BCUT2D eigenvalue weighted by molar-refractivity contribution is 5.74. The lowest BCUT2D eigenvalue weighted by molar-refractivity contribution is -0.140. The average molecular weight is 347 g/mol. The second-order valence-corrected chi connectivity index (χ2v) is 7.47. The van der Waals surface area contributed by atoms with Gasteiger partial charge in [0.05, 0.1) is 5.92 Å². The van der Waals surface area contributed by atoms with E-state index in [-0.39, 0.29) is 17.9 Å². The maximum atomic E-state index is 12.3. The number of nitrogens with zero attached hydrogens (tertiary/aromatic N) is 2. The Labute approximate surface area is 152 Å². The van der Waals surface area contributed by atoms with E-state index in [0.717, 1.165) is 50.0 Å². The van der Waals surface area contributed by atoms with E-state index in [1.165, 1.54) is 38.5 Å². The lowest BCUT2D eigenvalue weighted by Gasteiger charge is -2.26. The molecule has 0 aliphatic heterocycles. The lowest BCUT2D eigenvalue weighted by Crippen LogP contribution is -2.26. The summed E-state index contributed by atoms with van der Waals surface area (Å²) in [5, 5.41) is 0. The number of ether oxygens (including phenoxy) is 1. The first kappa shape index (κ1) is 19.9. The molecule has 2 rings (SSSR count). The van der Waals surface area contributed by atoms with E-state index in [1.807, 2.05) is 0 Å². The van der Waals surface area contributed by atoms with Crippen LogP contribution in [0.5, 0.6) is 6.01 Å². The summed E-state index contributed by atoms with van der Waals surface area (Å²) in [6.45, 7) is 4.45. The molecule has 0 bridgehead atoms. The Hall–Kier alpha value is -1.45. The van der Waals surface area contributed by atoms with Crippen LogP contribution < -0.4 is 4.74 Å². The number of carbonyl (C=O) groups excluding carboxylic acids is 1. The molecule has 1 aromatic rings. The van der Waals surface area contributed by atoms with Crippen molar-refractivity contribution in [1.82, 2.24) is 9.97 Å². The zero-order valence-corrected chi connectivity index (χ0v) is 16.0. The molecule has 1 heterocycles. The molecule has 1 saturated carbocycles. The first-order valence-corrected chi connectivity index (χ1v) is 10.3. The van der Waals surface area contributed by atoms with Crippen LogP contribution in [0.1, 0.15) is 90.0 Å². The van der Waals surface area contributed by atoms with Crippen molar-refractivity contribution in [1.29, 1.82) is 0 Å². The molecular weight excluding hydrogens is 312 g/mol. The predicted octanol–water partition coefficient (Wildman–Crippen LogP) is 5.50. The Balaban J connectivity index is 1.71. The lowest BCUT2D eigenvalue weighted by atomic mass is 9.80. The number of aromatic nitrogens is 2. The van der Waals surface area contributed by atoms with Gasteiger partial charge in [0.25, 0.3) is 0 Å². The molecule has 1 aliphatic rings. The van der Waals surface area contributed by atoms with Crippen LogP contribution in [-0.4, -0.2) is 15.9 Å². The van der Waals surface area contributed by atoms with Crippen LogP contribution in [0.3, 0.4) is 0 Å². The number of esters is 1. The average Bonchev–Trinajstić information content (AvgIpc) is 2.65. The second kappa shape index (κ2) is 11.2. The predicted molar refractivity (Wildman–Crippen MR) is 100 cm³/mol. The summed E-state index contributed by atoms with van der Waals surface area (Å²) >= 11 is 0. The van der Waals surface area contributed by atoms with E-state index < -0.39 is 0 Å². The van der Waals surface area contributed by atoms with Gasteiger partial charge >= 0.3 is 12.0 Å². The van der Waals surface area contributed by atoms with E-state index in [0.29, 0.717) is 0 Å². The summed E-state index contributed by atoms with van der Waals surface area (Å²) in [6.07, 6.45) is 17.6. The molecule has 0 atom stereocenters. The Morgan fingerprint density at radius 1 is 1.00 bits per heavy atom. The van der Waals surface area contributed by atoms with Crippen LogP contribution in [0, 0.1) is 11.8 Å². The summed E-state index contributed by atoms with van der Waals surface area (Å²) in [5.41, 5.74) is 1.12. The minimum atomic E-state index is -0.148. The minimum Gasteiger partial charge on any atom is -0.391 e. The van der Waals surface area contributed by atoms with Crippen LogP contribution in [0.25, 0.3) is 0 Å². The van der Waals surface area contributed by atoms with Crippen molar-refractivity contribution in [2.45, 2.75) is 90.9 Å². The molecule has 1 fully saturated rings. The van der Waals surface area contributed by atoms with Crippen LogP contribution in [-0.2, 0) is 11.2 Å². The number of unbranched alkanes of at least 4 members (excludes halogenated alkanes) is 4. The normalized spacial score (nSPS) is 20.4. The Kier molecular flexibility index (Phi) is 8.92. The fourth-order valence-electron chi connectivity index (χ4n) is 3.63. The van der Waals surface area contributed by atoms with Crippen LogP contribution in [0.2, 0.25) is 0 Å². The van der Waals surface area contributed by atoms with Crippen molar-refractivity contribution in [3.8, 4) is 6.01 Å². The number of hydrogen-bond acceptors (Lipinski definition) is 4. The highest BCUT2D eigenvalue weighted by Crippen LogP contribution is 2.32. The van der Waals surface area contributed by atoms with E-state index in [9.17, 15) is 4.79 Å². The zero-order valence-electron chi connectivity index (χ0n) is 16.0. The molecule has 0 saturated heterocycles. The Morgan fingerprint density at radius 2 is 1.68 bits per heavy atom. The third-order valence-corrected chi connectivity index (χ3v) is 5.34. The molecule has 0 unspecified atom stereocenters. The summed E-state index contributed by atoms with van der Waals surface area (Å²) in [6, 6.07) is 0.204. The van der Waals surface area contributed by atoms with Crippen LogP contribution >= 0.6 is 0 Å². The van der Waals surface area contributed by atoms with Crippen molar-refractivity contribution in [3.05, 3.63) is 18.0 Å². The SMILES string of the molecule is CCCCCCc1cnc(OC(=O)C2CCC(CCCC)CC2)nc1. The van der Waals surface area contributed by atoms with Crippen molar-refractivity contribution >= 4 is 5.97 Å². The van der Waals surface area contributed by atoms with Gasteiger partial charge in [-0.1, -0.05) is 52.4 Å². The standard InChI is InChI=1S/C21H34N2O2/c1-3-5-7-8-10-18-15-22-21(23-16-18)25-20(24)19-13-11-17(12-14-19)9-6-4-2/h15-17,19H,3-14H2,1-2H3. The van der Waals surface area contributed by atoms with Gasteiger partial charge < -0.3 is 4.74 Å². The van der Waals surface area contributed by atoms with Gasteiger partial charge in [0.1, 0.15) is 0 Å². The minimum absolute atomic E-state index is 0.0233. The quantitative estimate of drug-likeness (QED) is 0.414. The first-order chi connectivity index (χ1) is 12.2. The van der Waals surface area contributed by atoms with E-state index in [1.54, 1.807) is 12.4 Å². The molecule has 0 N–H and O–H groups in total. The van der Waals surface area contributed by atoms with Gasteiger partial charge in [-0.25, -0.2) is 9.97 Å². The van der Waals surface area contributed by atoms with Gasteiger partial charge in [-0.3, -0.25) is 4.79 Å². The van der Waals surface area contributed by atoms with Gasteiger partial charge in [0.2, 0.25) is 0 Å². The van der Waals surface area contributed by atoms with Gasteiger partial charge in [-0.05, 0) is 50.0 Å². The molecular formula is C21H34N2O2. The van der Waals surface area contributed by atoms with Gasteiger partial charge in [-0.15, -0.1) is 0 Å². The van der Waals surface area contributed by atoms with Gasteiger partial charge in [0, 0.05) is 12.4 Å². The van der Waals surface area contributed by atoms with Crippen LogP contribution in [0.4, 0.5) is 0 Å². The number of hydrogen-bond donors (Lipinski definition) is 0. The van der Waals surface area contributed by atoms with Gasteiger partial charge in [0.15, 0.2) is 0 Å². The summed E-state index contributed by atoms with van der Waals surface area (Å²) in [4.78, 5) is 20.7. The Bertz CT molecular complexity index is 493. The maximum Gasteiger partial charge on any atom is 0.324 e. The topological polar surface area (TPSA) is 52.1 Å². The maximum absolute atomic E-state index is 12.3. The highest BCUT2D eigenvalue weighted by Gasteiger charge is 2.27. The fraction of sp³-hybridized carbons (Fsp3) is 0.762. The number of aryl methyl sites for hydroxylation is 1. The first-order valence-electron chi connectivity index (χ1n) is 10.3. The van der Waals surface area contributed by atoms with Gasteiger partial charge in [-0.2, -0.15) is 0 Å². The largest absolute Gasteiger partial charge is 0.391 e. The summed E-state index contributed by atoms with van der Waals surface area (Å²) in [5.74, 6) is 0.673. The van der Waals surface area contributed by atoms with Crippen molar-refractivity contribution < 1.29 is 9.53 Å². The fourth-order valence-corrected chi connectivity index (χ4v) is 3.63. The molecule has 1 aromatic heterocycles. The van der Waals surface area contributed by atoms with E-state index in [2.05, 4.69) is 23.8 Å².